The van der Waals surface area contributed by atoms with Crippen molar-refractivity contribution in [1.29, 1.82) is 0 Å². The Labute approximate surface area is 181 Å². The Balaban J connectivity index is 1.71. The van der Waals surface area contributed by atoms with Gasteiger partial charge in [0.15, 0.2) is 5.76 Å². The summed E-state index contributed by atoms with van der Waals surface area (Å²) in [6.07, 6.45) is 3.82. The highest BCUT2D eigenvalue weighted by molar-refractivity contribution is 5.96. The number of benzene rings is 1. The highest BCUT2D eigenvalue weighted by atomic mass is 16.5. The number of pyridine rings is 1. The van der Waals surface area contributed by atoms with Crippen LogP contribution in [0.4, 0.5) is 5.69 Å². The summed E-state index contributed by atoms with van der Waals surface area (Å²) >= 11 is 0. The van der Waals surface area contributed by atoms with Crippen molar-refractivity contribution in [3.63, 3.8) is 0 Å². The zero-order valence-corrected chi connectivity index (χ0v) is 18.0. The Hall–Kier alpha value is -3.50. The normalized spacial score (nSPS) is 15.4. The molecule has 0 atom stereocenters. The molecule has 7 heteroatoms. The minimum absolute atomic E-state index is 0.00357. The van der Waals surface area contributed by atoms with Gasteiger partial charge in [0.1, 0.15) is 12.4 Å². The van der Waals surface area contributed by atoms with Gasteiger partial charge >= 0.3 is 0 Å². The number of hydrogen-bond acceptors (Lipinski definition) is 6. The lowest BCUT2D eigenvalue weighted by atomic mass is 9.96. The predicted molar refractivity (Wildman–Crippen MR) is 121 cm³/mol. The van der Waals surface area contributed by atoms with Crippen molar-refractivity contribution in [1.82, 2.24) is 15.6 Å². The molecule has 4 rings (SSSR count). The lowest BCUT2D eigenvalue weighted by molar-refractivity contribution is -0.125. The average molecular weight is 418 g/mol. The molecule has 1 aliphatic heterocycles. The van der Waals surface area contributed by atoms with Gasteiger partial charge in [0.2, 0.25) is 5.91 Å². The van der Waals surface area contributed by atoms with E-state index in [1.54, 1.807) is 14.2 Å². The number of allylic oxidation sites excluding steroid dienone is 3. The van der Waals surface area contributed by atoms with Gasteiger partial charge in [-0.3, -0.25) is 4.79 Å². The van der Waals surface area contributed by atoms with Gasteiger partial charge in [-0.15, -0.1) is 0 Å². The highest BCUT2D eigenvalue weighted by Gasteiger charge is 2.33. The quantitative estimate of drug-likeness (QED) is 0.506. The smallest absolute Gasteiger partial charge is 0.226 e. The highest BCUT2D eigenvalue weighted by Crippen LogP contribution is 2.35. The molecule has 2 heterocycles. The van der Waals surface area contributed by atoms with E-state index in [1.807, 2.05) is 37.4 Å². The Kier molecular flexibility index (Phi) is 6.10. The first-order valence-corrected chi connectivity index (χ1v) is 10.3. The van der Waals surface area contributed by atoms with Crippen LogP contribution in [0.5, 0.6) is 5.75 Å². The molecule has 0 spiro atoms. The van der Waals surface area contributed by atoms with Crippen LogP contribution in [0, 0.1) is 5.92 Å². The van der Waals surface area contributed by atoms with Crippen LogP contribution in [-0.4, -0.2) is 58.3 Å². The lowest BCUT2D eigenvalue weighted by Crippen LogP contribution is -2.53. The van der Waals surface area contributed by atoms with Crippen molar-refractivity contribution in [2.75, 3.05) is 52.3 Å². The van der Waals surface area contributed by atoms with Crippen LogP contribution in [-0.2, 0) is 9.53 Å². The van der Waals surface area contributed by atoms with Crippen LogP contribution in [0.3, 0.4) is 0 Å². The molecule has 1 fully saturated rings. The van der Waals surface area contributed by atoms with E-state index in [0.29, 0.717) is 25.5 Å². The monoisotopic (exact) mass is 418 g/mol. The summed E-state index contributed by atoms with van der Waals surface area (Å²) in [5.41, 5.74) is 9.73. The zero-order valence-electron chi connectivity index (χ0n) is 18.0. The fourth-order valence-corrected chi connectivity index (χ4v) is 3.63. The van der Waals surface area contributed by atoms with E-state index in [4.69, 9.17) is 14.5 Å². The number of methoxy groups -OCH3 is 1. The fraction of sp³-hybridized carbons (Fsp3) is 0.333. The van der Waals surface area contributed by atoms with Crippen LogP contribution < -0.4 is 20.3 Å². The number of rotatable bonds is 8. The van der Waals surface area contributed by atoms with E-state index >= 15 is 0 Å². The van der Waals surface area contributed by atoms with Gasteiger partial charge in [-0.05, 0) is 43.1 Å². The van der Waals surface area contributed by atoms with Crippen molar-refractivity contribution in [2.45, 2.75) is 0 Å². The molecule has 2 aliphatic rings. The number of nitrogens with one attached hydrogen (secondary N) is 2. The fourth-order valence-electron chi connectivity index (χ4n) is 3.63. The zero-order chi connectivity index (χ0) is 21.8. The third kappa shape index (κ3) is 4.35. The molecular formula is C24H26N4O3. The summed E-state index contributed by atoms with van der Waals surface area (Å²) in [6.45, 7) is 2.69. The Bertz CT molecular complexity index is 1130. The van der Waals surface area contributed by atoms with E-state index in [9.17, 15) is 4.79 Å². The second-order valence-electron chi connectivity index (χ2n) is 7.44. The standard InChI is InChI=1S/C24H26N4O3/c1-25-10-11-31-18-6-4-16(5-7-18)21-13-23(28-14-17(15-28)24(29)26-2)20-9-8-19(30-3)12-22(20)27-21/h4,6,8-9,12-13,17,25H,10-11,14-15H2,1-3H3,(H,26,29). The largest absolute Gasteiger partial charge is 0.497 e. The first-order chi connectivity index (χ1) is 15.1. The first-order valence-electron chi connectivity index (χ1n) is 10.3. The van der Waals surface area contributed by atoms with Crippen molar-refractivity contribution in [3.8, 4) is 5.75 Å². The molecule has 1 aromatic heterocycles. The predicted octanol–water partition coefficient (Wildman–Crippen LogP) is 2.25. The van der Waals surface area contributed by atoms with Gasteiger partial charge in [0.25, 0.3) is 0 Å². The first kappa shape index (κ1) is 20.8. The SMILES string of the molecule is CNCCOC1=C=C=C(c2cc(N3CC(C(=O)NC)C3)c3ccc(OC)cc3n2)C=C1. The van der Waals surface area contributed by atoms with Gasteiger partial charge in [-0.25, -0.2) is 4.98 Å². The molecule has 1 aliphatic carbocycles. The second-order valence-corrected chi connectivity index (χ2v) is 7.44. The van der Waals surface area contributed by atoms with Gasteiger partial charge in [0, 0.05) is 43.8 Å². The Morgan fingerprint density at radius 3 is 2.74 bits per heavy atom. The Morgan fingerprint density at radius 2 is 2.06 bits per heavy atom. The maximum Gasteiger partial charge on any atom is 0.226 e. The van der Waals surface area contributed by atoms with Crippen LogP contribution in [0.1, 0.15) is 5.69 Å². The molecule has 31 heavy (non-hydrogen) atoms. The molecule has 0 saturated carbocycles. The molecule has 7 nitrogen and oxygen atoms in total. The maximum absolute atomic E-state index is 11.9. The number of aromatic nitrogens is 1. The molecular weight excluding hydrogens is 392 g/mol. The molecule has 0 bridgehead atoms. The minimum Gasteiger partial charge on any atom is -0.497 e. The van der Waals surface area contributed by atoms with Crippen molar-refractivity contribution in [2.24, 2.45) is 5.92 Å². The molecule has 160 valence electrons. The molecule has 2 N–H and O–H groups in total. The third-order valence-electron chi connectivity index (χ3n) is 5.44. The summed E-state index contributed by atoms with van der Waals surface area (Å²) in [5.74, 6) is 1.48. The third-order valence-corrected chi connectivity index (χ3v) is 5.44. The van der Waals surface area contributed by atoms with Crippen molar-refractivity contribution >= 4 is 28.1 Å². The van der Waals surface area contributed by atoms with Gasteiger partial charge in [-0.2, -0.15) is 0 Å². The number of hydrogen-bond donors (Lipinski definition) is 2. The van der Waals surface area contributed by atoms with Crippen LogP contribution in [0.15, 0.2) is 53.6 Å². The molecule has 0 radical (unpaired) electrons. The van der Waals surface area contributed by atoms with Gasteiger partial charge in [-0.1, -0.05) is 5.73 Å². The van der Waals surface area contributed by atoms with Gasteiger partial charge in [0.05, 0.1) is 29.8 Å². The van der Waals surface area contributed by atoms with Crippen LogP contribution in [0.25, 0.3) is 16.5 Å². The lowest BCUT2D eigenvalue weighted by Gasteiger charge is -2.40. The van der Waals surface area contributed by atoms with Crippen LogP contribution >= 0.6 is 0 Å². The van der Waals surface area contributed by atoms with Crippen molar-refractivity contribution < 1.29 is 14.3 Å². The van der Waals surface area contributed by atoms with E-state index in [2.05, 4.69) is 33.1 Å². The van der Waals surface area contributed by atoms with E-state index in [1.165, 1.54) is 0 Å². The Morgan fingerprint density at radius 1 is 1.23 bits per heavy atom. The minimum atomic E-state index is 0.00357. The van der Waals surface area contributed by atoms with Crippen molar-refractivity contribution in [3.05, 3.63) is 59.3 Å². The van der Waals surface area contributed by atoms with E-state index in [0.717, 1.165) is 40.2 Å². The molecule has 1 aromatic carbocycles. The van der Waals surface area contributed by atoms with Crippen LogP contribution in [0.2, 0.25) is 0 Å². The second kappa shape index (κ2) is 9.11. The maximum atomic E-state index is 11.9. The van der Waals surface area contributed by atoms with E-state index in [-0.39, 0.29) is 11.8 Å². The summed E-state index contributed by atoms with van der Waals surface area (Å²) in [7, 11) is 5.20. The molecule has 1 saturated heterocycles. The summed E-state index contributed by atoms with van der Waals surface area (Å²) < 4.78 is 11.0. The number of amides is 1. The molecule has 0 unspecified atom stereocenters. The number of anilines is 1. The van der Waals surface area contributed by atoms with E-state index < -0.39 is 0 Å². The topological polar surface area (TPSA) is 75.7 Å². The summed E-state index contributed by atoms with van der Waals surface area (Å²) in [4.78, 5) is 19.0. The summed E-state index contributed by atoms with van der Waals surface area (Å²) in [6, 6.07) is 7.93. The number of carbonyl (C=O) groups is 1. The van der Waals surface area contributed by atoms with Gasteiger partial charge < -0.3 is 25.0 Å². The molecule has 1 amide bonds. The number of nitrogens with zero attached hydrogens (tertiary/aromatic N) is 2. The summed E-state index contributed by atoms with van der Waals surface area (Å²) in [5, 5.41) is 6.80. The number of fused-ring (bicyclic) bond motifs is 1. The number of likely N-dealkylation sites (N-methyl/N-ethyl adjacent to an activating group) is 1. The number of carbonyl (C=O) groups excluding carboxylic acids is 1. The average Bonchev–Trinajstić information content (AvgIpc) is 2.78. The number of ether oxygens (including phenoxy) is 2. The molecule has 2 aromatic rings.